The minimum Gasteiger partial charge on any atom is -0.364 e. The Morgan fingerprint density at radius 3 is 2.22 bits per heavy atom. The van der Waals surface area contributed by atoms with Gasteiger partial charge in [0.05, 0.1) is 18.1 Å². The zero-order chi connectivity index (χ0) is 23.5. The standard InChI is InChI=1S/C13H12F3N3.C6H4F3N3O/c14-13(15,16)12-7-9(4-5-17-12)11-8-10-3-1-2-6-19(10)18-11;7-6(8,9)4-2-11-3(1-12-4)5(10)13/h4-5,7-8H,1-3,6H2;1-2H,(H2,10,13). The maximum atomic E-state index is 12.6. The normalized spacial score (nSPS) is 13.7. The van der Waals surface area contributed by atoms with Crippen molar-refractivity contribution in [2.24, 2.45) is 5.73 Å². The molecule has 32 heavy (non-hydrogen) atoms. The van der Waals surface area contributed by atoms with E-state index in [1.54, 1.807) is 6.07 Å². The maximum Gasteiger partial charge on any atom is 0.434 e. The zero-order valence-electron chi connectivity index (χ0n) is 16.3. The predicted molar refractivity (Wildman–Crippen MR) is 98.9 cm³/mol. The van der Waals surface area contributed by atoms with Crippen LogP contribution >= 0.6 is 0 Å². The number of pyridine rings is 1. The first-order valence-corrected chi connectivity index (χ1v) is 9.24. The van der Waals surface area contributed by atoms with Gasteiger partial charge in [0.1, 0.15) is 11.4 Å². The number of aryl methyl sites for hydroxylation is 2. The summed E-state index contributed by atoms with van der Waals surface area (Å²) in [6, 6.07) is 4.48. The van der Waals surface area contributed by atoms with E-state index in [0.29, 0.717) is 23.7 Å². The average Bonchev–Trinajstić information content (AvgIpc) is 3.17. The molecule has 0 aliphatic carbocycles. The number of carbonyl (C=O) groups excluding carboxylic acids is 1. The molecule has 0 fully saturated rings. The maximum absolute atomic E-state index is 12.6. The minimum absolute atomic E-state index is 0.298. The van der Waals surface area contributed by atoms with Gasteiger partial charge in [-0.1, -0.05) is 0 Å². The Bertz CT molecular complexity index is 1070. The molecule has 1 aliphatic heterocycles. The lowest BCUT2D eigenvalue weighted by molar-refractivity contribution is -0.142. The number of fused-ring (bicyclic) bond motifs is 1. The summed E-state index contributed by atoms with van der Waals surface area (Å²) < 4.78 is 75.5. The summed E-state index contributed by atoms with van der Waals surface area (Å²) in [5.41, 5.74) is 4.56. The Labute approximate surface area is 177 Å². The molecule has 0 saturated heterocycles. The number of carbonyl (C=O) groups is 1. The Balaban J connectivity index is 0.000000195. The van der Waals surface area contributed by atoms with E-state index in [1.807, 2.05) is 10.7 Å². The molecule has 7 nitrogen and oxygen atoms in total. The van der Waals surface area contributed by atoms with Crippen LogP contribution in [0.25, 0.3) is 11.3 Å². The molecule has 0 saturated carbocycles. The van der Waals surface area contributed by atoms with E-state index in [-0.39, 0.29) is 5.69 Å². The predicted octanol–water partition coefficient (Wildman–Crippen LogP) is 3.89. The number of alkyl halides is 6. The SMILES string of the molecule is FC(F)(F)c1cc(-c2cc3n(n2)CCCC3)ccn1.NC(=O)c1cnc(C(F)(F)F)cn1. The van der Waals surface area contributed by atoms with E-state index in [2.05, 4.69) is 20.1 Å². The van der Waals surface area contributed by atoms with Gasteiger partial charge in [-0.05, 0) is 37.5 Å². The van der Waals surface area contributed by atoms with Crippen molar-refractivity contribution < 1.29 is 31.1 Å². The molecule has 0 spiro atoms. The molecule has 1 amide bonds. The quantitative estimate of drug-likeness (QED) is 0.588. The van der Waals surface area contributed by atoms with E-state index < -0.39 is 29.6 Å². The molecule has 3 aromatic rings. The van der Waals surface area contributed by atoms with E-state index in [4.69, 9.17) is 5.73 Å². The van der Waals surface area contributed by atoms with Gasteiger partial charge in [0.15, 0.2) is 5.69 Å². The highest BCUT2D eigenvalue weighted by Gasteiger charge is 2.33. The van der Waals surface area contributed by atoms with E-state index in [1.165, 1.54) is 6.20 Å². The van der Waals surface area contributed by atoms with Gasteiger partial charge in [-0.15, -0.1) is 0 Å². The molecule has 3 aromatic heterocycles. The molecule has 4 heterocycles. The van der Waals surface area contributed by atoms with Crippen molar-refractivity contribution in [3.05, 3.63) is 59.6 Å². The summed E-state index contributed by atoms with van der Waals surface area (Å²) in [4.78, 5) is 19.9. The lowest BCUT2D eigenvalue weighted by atomic mass is 10.1. The van der Waals surface area contributed by atoms with Gasteiger partial charge in [0.25, 0.3) is 5.91 Å². The molecule has 0 aromatic carbocycles. The van der Waals surface area contributed by atoms with Gasteiger partial charge in [-0.3, -0.25) is 14.5 Å². The highest BCUT2D eigenvalue weighted by Crippen LogP contribution is 2.31. The molecule has 1 aliphatic rings. The van der Waals surface area contributed by atoms with Gasteiger partial charge in [-0.25, -0.2) is 9.97 Å². The molecule has 2 N–H and O–H groups in total. The van der Waals surface area contributed by atoms with Crippen LogP contribution < -0.4 is 5.73 Å². The third kappa shape index (κ3) is 5.59. The van der Waals surface area contributed by atoms with Gasteiger partial charge >= 0.3 is 12.4 Å². The number of aromatic nitrogens is 5. The Morgan fingerprint density at radius 1 is 0.938 bits per heavy atom. The Kier molecular flexibility index (Phi) is 6.46. The summed E-state index contributed by atoms with van der Waals surface area (Å²) >= 11 is 0. The molecular formula is C19H16F6N6O. The smallest absolute Gasteiger partial charge is 0.364 e. The highest BCUT2D eigenvalue weighted by atomic mass is 19.4. The van der Waals surface area contributed by atoms with Crippen LogP contribution in [0.3, 0.4) is 0 Å². The summed E-state index contributed by atoms with van der Waals surface area (Å²) in [7, 11) is 0. The molecule has 13 heteroatoms. The Hall–Kier alpha value is -3.51. The van der Waals surface area contributed by atoms with E-state index in [9.17, 15) is 31.1 Å². The summed E-state index contributed by atoms with van der Waals surface area (Å²) in [6.07, 6.45) is -3.54. The van der Waals surface area contributed by atoms with Crippen LogP contribution in [0.4, 0.5) is 26.3 Å². The first-order chi connectivity index (χ1) is 14.9. The average molecular weight is 458 g/mol. The number of halogens is 6. The fraction of sp³-hybridized carbons (Fsp3) is 0.316. The van der Waals surface area contributed by atoms with E-state index >= 15 is 0 Å². The second-order valence-electron chi connectivity index (χ2n) is 6.78. The largest absolute Gasteiger partial charge is 0.434 e. The van der Waals surface area contributed by atoms with Gasteiger partial charge in [0.2, 0.25) is 0 Å². The molecule has 0 unspecified atom stereocenters. The third-order valence-corrected chi connectivity index (χ3v) is 4.46. The van der Waals surface area contributed by atoms with Crippen molar-refractivity contribution in [2.45, 2.75) is 38.2 Å². The van der Waals surface area contributed by atoms with Gasteiger partial charge < -0.3 is 5.73 Å². The zero-order valence-corrected chi connectivity index (χ0v) is 16.3. The van der Waals surface area contributed by atoms with Crippen molar-refractivity contribution in [3.8, 4) is 11.3 Å². The fourth-order valence-electron chi connectivity index (χ4n) is 2.91. The number of hydrogen-bond donors (Lipinski definition) is 1. The number of nitrogens with two attached hydrogens (primary N) is 1. The number of hydrogen-bond acceptors (Lipinski definition) is 5. The van der Waals surface area contributed by atoms with Crippen molar-refractivity contribution >= 4 is 5.91 Å². The van der Waals surface area contributed by atoms with Crippen LogP contribution in [-0.4, -0.2) is 30.6 Å². The highest BCUT2D eigenvalue weighted by molar-refractivity contribution is 5.90. The van der Waals surface area contributed by atoms with Crippen molar-refractivity contribution in [3.63, 3.8) is 0 Å². The lowest BCUT2D eigenvalue weighted by Gasteiger charge is -2.11. The minimum atomic E-state index is -4.55. The molecule has 0 bridgehead atoms. The first kappa shape index (κ1) is 23.2. The van der Waals surface area contributed by atoms with Crippen LogP contribution in [-0.2, 0) is 25.3 Å². The van der Waals surface area contributed by atoms with Crippen LogP contribution in [0.15, 0.2) is 36.8 Å². The molecule has 0 atom stereocenters. The van der Waals surface area contributed by atoms with Crippen LogP contribution in [0, 0.1) is 0 Å². The van der Waals surface area contributed by atoms with Crippen LogP contribution in [0.2, 0.25) is 0 Å². The topological polar surface area (TPSA) is 99.6 Å². The Morgan fingerprint density at radius 2 is 1.66 bits per heavy atom. The third-order valence-electron chi connectivity index (χ3n) is 4.46. The fourth-order valence-corrected chi connectivity index (χ4v) is 2.91. The molecular weight excluding hydrogens is 442 g/mol. The van der Waals surface area contributed by atoms with E-state index in [0.717, 1.165) is 37.6 Å². The van der Waals surface area contributed by atoms with Crippen molar-refractivity contribution in [1.82, 2.24) is 24.7 Å². The summed E-state index contributed by atoms with van der Waals surface area (Å²) in [5, 5.41) is 4.37. The number of primary amides is 1. The number of nitrogens with zero attached hydrogens (tertiary/aromatic N) is 5. The van der Waals surface area contributed by atoms with Gasteiger partial charge in [-0.2, -0.15) is 31.4 Å². The number of rotatable bonds is 2. The number of amides is 1. The van der Waals surface area contributed by atoms with Crippen molar-refractivity contribution in [1.29, 1.82) is 0 Å². The van der Waals surface area contributed by atoms with Crippen LogP contribution in [0.5, 0.6) is 0 Å². The first-order valence-electron chi connectivity index (χ1n) is 9.24. The second kappa shape index (κ2) is 8.93. The molecule has 4 rings (SSSR count). The summed E-state index contributed by atoms with van der Waals surface area (Å²) in [5.74, 6) is -0.916. The van der Waals surface area contributed by atoms with Crippen LogP contribution in [0.1, 0.15) is 40.4 Å². The molecule has 170 valence electrons. The molecule has 0 radical (unpaired) electrons. The lowest BCUT2D eigenvalue weighted by Crippen LogP contribution is -2.15. The van der Waals surface area contributed by atoms with Crippen molar-refractivity contribution in [2.75, 3.05) is 0 Å². The summed E-state index contributed by atoms with van der Waals surface area (Å²) in [6.45, 7) is 0.840. The second-order valence-corrected chi connectivity index (χ2v) is 6.78. The van der Waals surface area contributed by atoms with Gasteiger partial charge in [0, 0.05) is 24.0 Å². The monoisotopic (exact) mass is 458 g/mol.